The molecular formula is C30H51N4O7P. The van der Waals surface area contributed by atoms with Crippen LogP contribution >= 0.6 is 7.37 Å². The second-order valence-corrected chi connectivity index (χ2v) is 14.7. The third kappa shape index (κ3) is 12.9. The number of carbonyl (C=O) groups is 4. The van der Waals surface area contributed by atoms with Gasteiger partial charge in [0.15, 0.2) is 0 Å². The van der Waals surface area contributed by atoms with E-state index in [9.17, 15) is 28.8 Å². The normalized spacial score (nSPS) is 15.0. The lowest BCUT2D eigenvalue weighted by Crippen LogP contribution is -2.50. The Labute approximate surface area is 251 Å². The van der Waals surface area contributed by atoms with Gasteiger partial charge in [0.05, 0.1) is 6.29 Å². The number of benzene rings is 1. The molecule has 0 aliphatic rings. The third-order valence-electron chi connectivity index (χ3n) is 6.85. The molecule has 12 heteroatoms. The summed E-state index contributed by atoms with van der Waals surface area (Å²) in [7, 11) is -0.797. The van der Waals surface area contributed by atoms with Crippen molar-refractivity contribution in [3.8, 4) is 0 Å². The highest BCUT2D eigenvalue weighted by atomic mass is 31.2. The Bertz CT molecular complexity index is 1060. The Kier molecular flexibility index (Phi) is 15.8. The summed E-state index contributed by atoms with van der Waals surface area (Å²) < 4.78 is 19.3. The van der Waals surface area contributed by atoms with Crippen LogP contribution in [0.5, 0.6) is 0 Å². The fraction of sp³-hybridized carbons (Fsp3) is 0.667. The molecule has 0 fully saturated rings. The van der Waals surface area contributed by atoms with Crippen LogP contribution in [0.3, 0.4) is 0 Å². The van der Waals surface area contributed by atoms with E-state index >= 15 is 0 Å². The molecule has 42 heavy (non-hydrogen) atoms. The molecule has 0 radical (unpaired) electrons. The SMILES string of the molecule is CNC(=O)[C@H](CC(C)C)NC(=O)[C@H](CC(C)C)CP(=O)(CNC(=O)C(CC(C)C)N(Cc1ccccc1)C(=O)O)OC. The molecule has 238 valence electrons. The zero-order valence-electron chi connectivity index (χ0n) is 26.4. The van der Waals surface area contributed by atoms with E-state index in [4.69, 9.17) is 4.52 Å². The van der Waals surface area contributed by atoms with Gasteiger partial charge in [-0.25, -0.2) is 4.79 Å². The second kappa shape index (κ2) is 17.9. The molecule has 4 N–H and O–H groups in total. The molecule has 0 aliphatic heterocycles. The molecule has 0 saturated carbocycles. The molecule has 1 rings (SSSR count). The minimum Gasteiger partial charge on any atom is -0.465 e. The maximum atomic E-state index is 13.8. The summed E-state index contributed by atoms with van der Waals surface area (Å²) >= 11 is 0. The van der Waals surface area contributed by atoms with Gasteiger partial charge in [0.25, 0.3) is 0 Å². The monoisotopic (exact) mass is 610 g/mol. The van der Waals surface area contributed by atoms with Crippen LogP contribution in [-0.4, -0.2) is 72.5 Å². The van der Waals surface area contributed by atoms with Gasteiger partial charge in [-0.2, -0.15) is 0 Å². The largest absolute Gasteiger partial charge is 0.465 e. The average Bonchev–Trinajstić information content (AvgIpc) is 2.92. The van der Waals surface area contributed by atoms with Crippen molar-refractivity contribution in [3.63, 3.8) is 0 Å². The first kappa shape index (κ1) is 37.1. The van der Waals surface area contributed by atoms with Crippen LogP contribution in [-0.2, 0) is 30.0 Å². The molecule has 11 nitrogen and oxygen atoms in total. The highest BCUT2D eigenvalue weighted by Crippen LogP contribution is 2.47. The lowest BCUT2D eigenvalue weighted by molar-refractivity contribution is -0.131. The molecule has 4 atom stereocenters. The minimum absolute atomic E-state index is 0.00540. The van der Waals surface area contributed by atoms with Crippen LogP contribution in [0.1, 0.15) is 66.4 Å². The lowest BCUT2D eigenvalue weighted by atomic mass is 9.96. The number of carbonyl (C=O) groups excluding carboxylic acids is 3. The van der Waals surface area contributed by atoms with E-state index in [-0.39, 0.29) is 49.1 Å². The lowest BCUT2D eigenvalue weighted by Gasteiger charge is -2.31. The first-order chi connectivity index (χ1) is 19.6. The van der Waals surface area contributed by atoms with Crippen LogP contribution in [0.15, 0.2) is 30.3 Å². The third-order valence-corrected chi connectivity index (χ3v) is 9.16. The van der Waals surface area contributed by atoms with Gasteiger partial charge in [-0.05, 0) is 42.6 Å². The summed E-state index contributed by atoms with van der Waals surface area (Å²) in [5.41, 5.74) is 0.735. The highest BCUT2D eigenvalue weighted by molar-refractivity contribution is 7.59. The Hall–Kier alpha value is -2.91. The van der Waals surface area contributed by atoms with Gasteiger partial charge in [-0.15, -0.1) is 0 Å². The molecule has 0 spiro atoms. The predicted octanol–water partition coefficient (Wildman–Crippen LogP) is 4.52. The van der Waals surface area contributed by atoms with Crippen molar-refractivity contribution >= 4 is 31.2 Å². The van der Waals surface area contributed by atoms with E-state index in [0.717, 1.165) is 10.5 Å². The Balaban J connectivity index is 3.14. The van der Waals surface area contributed by atoms with Gasteiger partial charge in [0, 0.05) is 32.8 Å². The number of amides is 4. The van der Waals surface area contributed by atoms with Gasteiger partial charge in [-0.3, -0.25) is 23.8 Å². The Morgan fingerprint density at radius 3 is 1.93 bits per heavy atom. The van der Waals surface area contributed by atoms with E-state index in [1.54, 1.807) is 24.3 Å². The van der Waals surface area contributed by atoms with E-state index in [1.807, 2.05) is 47.6 Å². The number of nitrogens with zero attached hydrogens (tertiary/aromatic N) is 1. The van der Waals surface area contributed by atoms with E-state index in [1.165, 1.54) is 14.2 Å². The smallest absolute Gasteiger partial charge is 0.408 e. The van der Waals surface area contributed by atoms with Crippen LogP contribution in [0.4, 0.5) is 4.79 Å². The maximum Gasteiger partial charge on any atom is 0.408 e. The summed E-state index contributed by atoms with van der Waals surface area (Å²) in [6, 6.07) is 7.24. The summed E-state index contributed by atoms with van der Waals surface area (Å²) in [5.74, 6) is -1.78. The first-order valence-electron chi connectivity index (χ1n) is 14.6. The quantitative estimate of drug-likeness (QED) is 0.178. The van der Waals surface area contributed by atoms with Gasteiger partial charge < -0.3 is 25.6 Å². The molecule has 1 aromatic carbocycles. The molecule has 0 aliphatic carbocycles. The number of hydrogen-bond acceptors (Lipinski definition) is 6. The van der Waals surface area contributed by atoms with Gasteiger partial charge >= 0.3 is 6.09 Å². The van der Waals surface area contributed by atoms with Gasteiger partial charge in [0.1, 0.15) is 12.1 Å². The second-order valence-electron chi connectivity index (χ2n) is 12.1. The number of carboxylic acid groups (broad SMARTS) is 1. The highest BCUT2D eigenvalue weighted by Gasteiger charge is 2.36. The molecule has 2 unspecified atom stereocenters. The number of hydrogen-bond donors (Lipinski definition) is 4. The fourth-order valence-electron chi connectivity index (χ4n) is 4.77. The molecule has 0 saturated heterocycles. The van der Waals surface area contributed by atoms with Crippen molar-refractivity contribution in [3.05, 3.63) is 35.9 Å². The predicted molar refractivity (Wildman–Crippen MR) is 164 cm³/mol. The molecule has 0 aromatic heterocycles. The van der Waals surface area contributed by atoms with Gasteiger partial charge in [-0.1, -0.05) is 71.9 Å². The van der Waals surface area contributed by atoms with E-state index in [2.05, 4.69) is 16.0 Å². The summed E-state index contributed by atoms with van der Waals surface area (Å²) in [6.45, 7) is 11.6. The maximum absolute atomic E-state index is 13.8. The van der Waals surface area contributed by atoms with Crippen LogP contribution in [0, 0.1) is 23.7 Å². The van der Waals surface area contributed by atoms with Crippen LogP contribution in [0.25, 0.3) is 0 Å². The summed E-state index contributed by atoms with van der Waals surface area (Å²) in [4.78, 5) is 52.5. The number of nitrogens with one attached hydrogen (secondary N) is 3. The summed E-state index contributed by atoms with van der Waals surface area (Å²) in [5, 5.41) is 18.0. The molecule has 4 amide bonds. The fourth-order valence-corrected chi connectivity index (χ4v) is 6.56. The average molecular weight is 611 g/mol. The molecular weight excluding hydrogens is 559 g/mol. The van der Waals surface area contributed by atoms with Crippen LogP contribution < -0.4 is 16.0 Å². The van der Waals surface area contributed by atoms with E-state index < -0.39 is 43.3 Å². The molecule has 1 aromatic rings. The van der Waals surface area contributed by atoms with Gasteiger partial charge in [0.2, 0.25) is 25.1 Å². The van der Waals surface area contributed by atoms with Crippen molar-refractivity contribution in [2.24, 2.45) is 23.7 Å². The Morgan fingerprint density at radius 2 is 1.45 bits per heavy atom. The summed E-state index contributed by atoms with van der Waals surface area (Å²) in [6.07, 6.45) is -0.639. The van der Waals surface area contributed by atoms with Crippen molar-refractivity contribution in [1.29, 1.82) is 0 Å². The van der Waals surface area contributed by atoms with Crippen molar-refractivity contribution in [2.75, 3.05) is 26.6 Å². The minimum atomic E-state index is -3.58. The van der Waals surface area contributed by atoms with Crippen LogP contribution in [0.2, 0.25) is 0 Å². The number of rotatable bonds is 18. The van der Waals surface area contributed by atoms with Crippen molar-refractivity contribution in [2.45, 2.75) is 79.4 Å². The standard InChI is InChI=1S/C30H51N4O7P/c1-20(2)14-24(27(35)33-25(15-21(3)4)28(36)31-7)18-42(40,41-8)19-32-29(37)26(16-22(5)6)34(30(38)39)17-23-12-10-9-11-13-23/h9-13,20-22,24-26H,14-19H2,1-8H3,(H,31,36)(H,32,37)(H,33,35)(H,38,39)/t24-,25+,26?,42?/m1/s1. The number of likely N-dealkylation sites (N-methyl/N-ethyl adjacent to an activating group) is 1. The Morgan fingerprint density at radius 1 is 0.881 bits per heavy atom. The molecule has 0 heterocycles. The van der Waals surface area contributed by atoms with Crippen molar-refractivity contribution < 1.29 is 33.4 Å². The topological polar surface area (TPSA) is 154 Å². The molecule has 0 bridgehead atoms. The zero-order valence-corrected chi connectivity index (χ0v) is 27.3. The first-order valence-corrected chi connectivity index (χ1v) is 16.6. The van der Waals surface area contributed by atoms with E-state index in [0.29, 0.717) is 12.8 Å². The van der Waals surface area contributed by atoms with Crippen molar-refractivity contribution in [1.82, 2.24) is 20.9 Å². The zero-order chi connectivity index (χ0) is 32.0.